The van der Waals surface area contributed by atoms with E-state index in [9.17, 15) is 9.18 Å². The van der Waals surface area contributed by atoms with Crippen molar-refractivity contribution >= 4 is 22.6 Å². The van der Waals surface area contributed by atoms with E-state index < -0.39 is 11.7 Å². The molecule has 3 heterocycles. The van der Waals surface area contributed by atoms with Crippen LogP contribution in [0, 0.1) is 11.7 Å². The van der Waals surface area contributed by atoms with Crippen LogP contribution in [0.2, 0.25) is 0 Å². The highest BCUT2D eigenvalue weighted by molar-refractivity contribution is 6.06. The van der Waals surface area contributed by atoms with E-state index >= 15 is 0 Å². The Morgan fingerprint density at radius 3 is 2.64 bits per heavy atom. The van der Waals surface area contributed by atoms with Gasteiger partial charge in [0.25, 0.3) is 5.91 Å². The van der Waals surface area contributed by atoms with Gasteiger partial charge in [-0.3, -0.25) is 9.78 Å². The molecule has 36 heavy (non-hydrogen) atoms. The lowest BCUT2D eigenvalue weighted by atomic mass is 9.87. The standard InChI is InChI=1S/C27H29FN6O2/c1-5-36-24-10-9-18(13-31-24)22-11-23(34-15-33-22)30-12-16(2)17(3)19-7-6-8-20-25(27(35)29-4)21(28)14-32-26(19)20/h6-11,13-17H,5,12H2,1-4H3,(H,29,35)(H,30,33,34)/t16-,17?/m1/s1. The van der Waals surface area contributed by atoms with Crippen molar-refractivity contribution in [2.75, 3.05) is 25.5 Å². The molecule has 0 radical (unpaired) electrons. The summed E-state index contributed by atoms with van der Waals surface area (Å²) in [4.78, 5) is 29.6. The fraction of sp³-hybridized carbons (Fsp3) is 0.296. The predicted octanol–water partition coefficient (Wildman–Crippen LogP) is 4.84. The van der Waals surface area contributed by atoms with Gasteiger partial charge in [-0.15, -0.1) is 0 Å². The highest BCUT2D eigenvalue weighted by Crippen LogP contribution is 2.32. The zero-order chi connectivity index (χ0) is 25.7. The van der Waals surface area contributed by atoms with Crippen molar-refractivity contribution in [1.82, 2.24) is 25.3 Å². The number of halogens is 1. The van der Waals surface area contributed by atoms with Gasteiger partial charge in [-0.2, -0.15) is 0 Å². The lowest BCUT2D eigenvalue weighted by Crippen LogP contribution is -2.21. The molecule has 0 saturated heterocycles. The van der Waals surface area contributed by atoms with Crippen molar-refractivity contribution in [2.24, 2.45) is 5.92 Å². The van der Waals surface area contributed by atoms with E-state index in [1.54, 1.807) is 12.3 Å². The summed E-state index contributed by atoms with van der Waals surface area (Å²) < 4.78 is 19.8. The molecule has 4 rings (SSSR count). The quantitative estimate of drug-likeness (QED) is 0.348. The van der Waals surface area contributed by atoms with Gasteiger partial charge >= 0.3 is 0 Å². The number of rotatable bonds is 9. The Kier molecular flexibility index (Phi) is 7.68. The number of benzene rings is 1. The molecule has 0 fully saturated rings. The normalized spacial score (nSPS) is 12.7. The molecule has 8 nitrogen and oxygen atoms in total. The molecule has 4 aromatic rings. The lowest BCUT2D eigenvalue weighted by molar-refractivity contribution is 0.0960. The van der Waals surface area contributed by atoms with E-state index in [-0.39, 0.29) is 17.4 Å². The number of ether oxygens (including phenoxy) is 1. The van der Waals surface area contributed by atoms with Crippen LogP contribution >= 0.6 is 0 Å². The van der Waals surface area contributed by atoms with E-state index in [0.29, 0.717) is 35.8 Å². The summed E-state index contributed by atoms with van der Waals surface area (Å²) in [5.74, 6) is 0.424. The monoisotopic (exact) mass is 488 g/mol. The molecule has 0 aliphatic rings. The van der Waals surface area contributed by atoms with Crippen LogP contribution in [0.4, 0.5) is 10.2 Å². The number of fused-ring (bicyclic) bond motifs is 1. The zero-order valence-corrected chi connectivity index (χ0v) is 20.7. The number of hydrogen-bond acceptors (Lipinski definition) is 7. The van der Waals surface area contributed by atoms with Crippen molar-refractivity contribution in [3.05, 3.63) is 72.1 Å². The highest BCUT2D eigenvalue weighted by atomic mass is 19.1. The molecule has 9 heteroatoms. The average Bonchev–Trinajstić information content (AvgIpc) is 2.91. The number of amides is 1. The third-order valence-electron chi connectivity index (χ3n) is 6.28. The minimum absolute atomic E-state index is 0.0135. The molecule has 1 unspecified atom stereocenters. The molecule has 1 amide bonds. The fourth-order valence-corrected chi connectivity index (χ4v) is 4.07. The molecule has 2 N–H and O–H groups in total. The molecule has 0 aliphatic carbocycles. The highest BCUT2D eigenvalue weighted by Gasteiger charge is 2.22. The van der Waals surface area contributed by atoms with E-state index in [1.807, 2.05) is 37.3 Å². The van der Waals surface area contributed by atoms with Crippen molar-refractivity contribution in [3.63, 3.8) is 0 Å². The van der Waals surface area contributed by atoms with Gasteiger partial charge in [0.15, 0.2) is 5.82 Å². The molecule has 0 bridgehead atoms. The number of anilines is 1. The van der Waals surface area contributed by atoms with Crippen LogP contribution in [0.15, 0.2) is 55.1 Å². The number of nitrogens with zero attached hydrogens (tertiary/aromatic N) is 4. The van der Waals surface area contributed by atoms with Crippen LogP contribution in [0.25, 0.3) is 22.2 Å². The molecular weight excluding hydrogens is 459 g/mol. The van der Waals surface area contributed by atoms with Crippen molar-refractivity contribution in [2.45, 2.75) is 26.7 Å². The maximum absolute atomic E-state index is 14.4. The maximum Gasteiger partial charge on any atom is 0.254 e. The number of carbonyl (C=O) groups is 1. The summed E-state index contributed by atoms with van der Waals surface area (Å²) in [6, 6.07) is 11.2. The number of para-hydroxylation sites is 1. The molecule has 186 valence electrons. The Hall–Kier alpha value is -4.14. The minimum Gasteiger partial charge on any atom is -0.478 e. The summed E-state index contributed by atoms with van der Waals surface area (Å²) in [7, 11) is 1.49. The van der Waals surface area contributed by atoms with Crippen molar-refractivity contribution in [1.29, 1.82) is 0 Å². The second-order valence-corrected chi connectivity index (χ2v) is 8.56. The van der Waals surface area contributed by atoms with Crippen LogP contribution in [-0.4, -0.2) is 46.0 Å². The zero-order valence-electron chi connectivity index (χ0n) is 20.7. The van der Waals surface area contributed by atoms with Gasteiger partial charge in [-0.25, -0.2) is 19.3 Å². The second-order valence-electron chi connectivity index (χ2n) is 8.56. The van der Waals surface area contributed by atoms with Crippen LogP contribution < -0.4 is 15.4 Å². The first-order valence-electron chi connectivity index (χ1n) is 11.9. The smallest absolute Gasteiger partial charge is 0.254 e. The van der Waals surface area contributed by atoms with Crippen LogP contribution in [0.3, 0.4) is 0 Å². The van der Waals surface area contributed by atoms with Gasteiger partial charge in [0.2, 0.25) is 5.88 Å². The summed E-state index contributed by atoms with van der Waals surface area (Å²) in [5, 5.41) is 6.41. The van der Waals surface area contributed by atoms with E-state index in [2.05, 4.69) is 44.4 Å². The van der Waals surface area contributed by atoms with Crippen LogP contribution in [0.5, 0.6) is 5.88 Å². The first kappa shape index (κ1) is 25.0. The molecule has 0 saturated carbocycles. The number of carbonyl (C=O) groups excluding carboxylic acids is 1. The molecular formula is C27H29FN6O2. The Labute approximate surface area is 209 Å². The first-order chi connectivity index (χ1) is 17.4. The van der Waals surface area contributed by atoms with E-state index in [1.165, 1.54) is 13.4 Å². The van der Waals surface area contributed by atoms with Gasteiger partial charge in [0.05, 0.1) is 29.6 Å². The van der Waals surface area contributed by atoms with Gasteiger partial charge in [0, 0.05) is 42.9 Å². The van der Waals surface area contributed by atoms with Crippen LogP contribution in [0.1, 0.15) is 42.6 Å². The predicted molar refractivity (Wildman–Crippen MR) is 138 cm³/mol. The largest absolute Gasteiger partial charge is 0.478 e. The van der Waals surface area contributed by atoms with E-state index in [4.69, 9.17) is 4.74 Å². The van der Waals surface area contributed by atoms with Gasteiger partial charge in [-0.1, -0.05) is 32.0 Å². The van der Waals surface area contributed by atoms with Crippen LogP contribution in [-0.2, 0) is 0 Å². The topological polar surface area (TPSA) is 102 Å². The van der Waals surface area contributed by atoms with Gasteiger partial charge in [-0.05, 0) is 30.4 Å². The number of nitrogens with one attached hydrogen (secondary N) is 2. The summed E-state index contributed by atoms with van der Waals surface area (Å²) in [6.07, 6.45) is 4.36. The van der Waals surface area contributed by atoms with Crippen molar-refractivity contribution < 1.29 is 13.9 Å². The Morgan fingerprint density at radius 1 is 1.08 bits per heavy atom. The second kappa shape index (κ2) is 11.1. The number of hydrogen-bond donors (Lipinski definition) is 2. The summed E-state index contributed by atoms with van der Waals surface area (Å²) >= 11 is 0. The van der Waals surface area contributed by atoms with Gasteiger partial charge in [0.1, 0.15) is 12.1 Å². The first-order valence-corrected chi connectivity index (χ1v) is 11.9. The summed E-state index contributed by atoms with van der Waals surface area (Å²) in [5.41, 5.74) is 3.22. The lowest BCUT2D eigenvalue weighted by Gasteiger charge is -2.22. The maximum atomic E-state index is 14.4. The Balaban J connectivity index is 1.50. The Bertz CT molecular complexity index is 1360. The molecule has 3 aromatic heterocycles. The number of pyridine rings is 2. The Morgan fingerprint density at radius 2 is 1.92 bits per heavy atom. The third kappa shape index (κ3) is 5.25. The van der Waals surface area contributed by atoms with Crippen molar-refractivity contribution in [3.8, 4) is 17.1 Å². The fourth-order valence-electron chi connectivity index (χ4n) is 4.07. The SMILES string of the molecule is CCOc1ccc(-c2cc(NC[C@@H](C)C(C)c3cccc4c(C(=O)NC)c(F)cnc34)ncn2)cn1. The molecule has 0 aliphatic heterocycles. The molecule has 0 spiro atoms. The average molecular weight is 489 g/mol. The van der Waals surface area contributed by atoms with Gasteiger partial charge < -0.3 is 15.4 Å². The third-order valence-corrected chi connectivity index (χ3v) is 6.28. The van der Waals surface area contributed by atoms with E-state index in [0.717, 1.165) is 23.0 Å². The summed E-state index contributed by atoms with van der Waals surface area (Å²) in [6.45, 7) is 7.34. The number of aromatic nitrogens is 4. The molecule has 1 aromatic carbocycles. The minimum atomic E-state index is -0.635. The molecule has 2 atom stereocenters.